The largest absolute Gasteiger partial charge is 0.381 e. The van der Waals surface area contributed by atoms with Gasteiger partial charge in [-0.25, -0.2) is 0 Å². The molecule has 0 aromatic rings. The molecule has 2 N–H and O–H groups in total. The average Bonchev–Trinajstić information content (AvgIpc) is 2.23. The van der Waals surface area contributed by atoms with E-state index in [0.29, 0.717) is 13.1 Å². The molecule has 0 fully saturated rings. The minimum Gasteiger partial charge on any atom is -0.381 e. The Hall–Kier alpha value is -0.610. The van der Waals surface area contributed by atoms with Crippen LogP contribution in [0.4, 0.5) is 0 Å². The first-order chi connectivity index (χ1) is 7.31. The van der Waals surface area contributed by atoms with Gasteiger partial charge < -0.3 is 15.4 Å². The molecule has 0 aromatic carbocycles. The van der Waals surface area contributed by atoms with Crippen LogP contribution in [0.3, 0.4) is 0 Å². The number of rotatable bonds is 10. The Morgan fingerprint density at radius 1 is 1.13 bits per heavy atom. The lowest BCUT2D eigenvalue weighted by Crippen LogP contribution is -2.34. The van der Waals surface area contributed by atoms with E-state index < -0.39 is 0 Å². The van der Waals surface area contributed by atoms with E-state index in [1.165, 1.54) is 0 Å². The third kappa shape index (κ3) is 11.3. The Labute approximate surface area is 92.8 Å². The van der Waals surface area contributed by atoms with E-state index in [2.05, 4.69) is 24.5 Å². The summed E-state index contributed by atoms with van der Waals surface area (Å²) in [4.78, 5) is 11.2. The van der Waals surface area contributed by atoms with Crippen LogP contribution in [-0.4, -0.2) is 38.8 Å². The van der Waals surface area contributed by atoms with Gasteiger partial charge in [-0.15, -0.1) is 0 Å². The molecule has 90 valence electrons. The highest BCUT2D eigenvalue weighted by Crippen LogP contribution is 1.83. The summed E-state index contributed by atoms with van der Waals surface area (Å²) >= 11 is 0. The highest BCUT2D eigenvalue weighted by atomic mass is 16.5. The van der Waals surface area contributed by atoms with Gasteiger partial charge in [0.2, 0.25) is 5.91 Å². The predicted octanol–water partition coefficient (Wildman–Crippen LogP) is 0.919. The van der Waals surface area contributed by atoms with Crippen LogP contribution in [-0.2, 0) is 9.53 Å². The summed E-state index contributed by atoms with van der Waals surface area (Å²) < 4.78 is 5.30. The van der Waals surface area contributed by atoms with Gasteiger partial charge >= 0.3 is 0 Å². The van der Waals surface area contributed by atoms with Crippen molar-refractivity contribution in [3.63, 3.8) is 0 Å². The van der Waals surface area contributed by atoms with Gasteiger partial charge in [0.15, 0.2) is 0 Å². The van der Waals surface area contributed by atoms with Gasteiger partial charge in [0.1, 0.15) is 0 Å². The molecule has 0 aliphatic carbocycles. The monoisotopic (exact) mass is 216 g/mol. The molecule has 15 heavy (non-hydrogen) atoms. The summed E-state index contributed by atoms with van der Waals surface area (Å²) in [6, 6.07) is 0. The molecule has 0 saturated carbocycles. The first-order valence-electron chi connectivity index (χ1n) is 5.86. The van der Waals surface area contributed by atoms with Crippen molar-refractivity contribution < 1.29 is 9.53 Å². The van der Waals surface area contributed by atoms with Gasteiger partial charge in [0.05, 0.1) is 6.54 Å². The molecule has 0 radical (unpaired) electrons. The molecule has 0 spiro atoms. The molecule has 0 heterocycles. The molecule has 0 unspecified atom stereocenters. The number of nitrogens with one attached hydrogen (secondary N) is 2. The molecule has 4 heteroatoms. The maximum Gasteiger partial charge on any atom is 0.233 e. The Morgan fingerprint density at radius 2 is 1.93 bits per heavy atom. The van der Waals surface area contributed by atoms with Crippen molar-refractivity contribution in [2.24, 2.45) is 0 Å². The predicted molar refractivity (Wildman–Crippen MR) is 61.9 cm³/mol. The Morgan fingerprint density at radius 3 is 2.60 bits per heavy atom. The standard InChI is InChI=1S/C11H24N2O2/c1-3-6-12-10-11(14)13-7-5-9-15-8-4-2/h12H,3-10H2,1-2H3,(H,13,14). The molecule has 0 aromatic heterocycles. The lowest BCUT2D eigenvalue weighted by Gasteiger charge is -2.06. The molecule has 0 atom stereocenters. The molecule has 0 saturated heterocycles. The third-order valence-electron chi connectivity index (χ3n) is 1.85. The van der Waals surface area contributed by atoms with Gasteiger partial charge in [-0.2, -0.15) is 0 Å². The molecule has 0 bridgehead atoms. The van der Waals surface area contributed by atoms with E-state index in [1.54, 1.807) is 0 Å². The quantitative estimate of drug-likeness (QED) is 0.534. The second-order valence-corrected chi connectivity index (χ2v) is 3.49. The van der Waals surface area contributed by atoms with Crippen LogP contribution in [0.15, 0.2) is 0 Å². The summed E-state index contributed by atoms with van der Waals surface area (Å²) in [5.74, 6) is 0.0685. The second-order valence-electron chi connectivity index (χ2n) is 3.49. The van der Waals surface area contributed by atoms with Gasteiger partial charge in [-0.05, 0) is 25.8 Å². The highest BCUT2D eigenvalue weighted by molar-refractivity contribution is 5.77. The number of carbonyl (C=O) groups excluding carboxylic acids is 1. The van der Waals surface area contributed by atoms with Crippen molar-refractivity contribution in [3.05, 3.63) is 0 Å². The zero-order valence-electron chi connectivity index (χ0n) is 9.97. The van der Waals surface area contributed by atoms with E-state index >= 15 is 0 Å². The van der Waals surface area contributed by atoms with E-state index in [1.807, 2.05) is 0 Å². The highest BCUT2D eigenvalue weighted by Gasteiger charge is 1.98. The maximum absolute atomic E-state index is 11.2. The number of amides is 1. The van der Waals surface area contributed by atoms with Crippen LogP contribution < -0.4 is 10.6 Å². The molecule has 1 amide bonds. The summed E-state index contributed by atoms with van der Waals surface area (Å²) in [6.45, 7) is 7.73. The lowest BCUT2D eigenvalue weighted by atomic mass is 10.4. The van der Waals surface area contributed by atoms with E-state index in [-0.39, 0.29) is 5.91 Å². The molecular formula is C11H24N2O2. The van der Waals surface area contributed by atoms with E-state index in [0.717, 1.165) is 39.0 Å². The fraction of sp³-hybridized carbons (Fsp3) is 0.909. The Kier molecular flexibility index (Phi) is 11.0. The van der Waals surface area contributed by atoms with Gasteiger partial charge in [-0.1, -0.05) is 13.8 Å². The van der Waals surface area contributed by atoms with Crippen LogP contribution in [0.25, 0.3) is 0 Å². The first kappa shape index (κ1) is 14.4. The molecular weight excluding hydrogens is 192 g/mol. The fourth-order valence-corrected chi connectivity index (χ4v) is 1.09. The molecule has 0 rings (SSSR count). The van der Waals surface area contributed by atoms with Crippen LogP contribution in [0.2, 0.25) is 0 Å². The summed E-state index contributed by atoms with van der Waals surface area (Å²) in [5.41, 5.74) is 0. The van der Waals surface area contributed by atoms with Crippen LogP contribution >= 0.6 is 0 Å². The van der Waals surface area contributed by atoms with Crippen LogP contribution in [0.5, 0.6) is 0 Å². The zero-order valence-corrected chi connectivity index (χ0v) is 9.97. The van der Waals surface area contributed by atoms with Crippen molar-refractivity contribution in [2.45, 2.75) is 33.1 Å². The van der Waals surface area contributed by atoms with Crippen molar-refractivity contribution >= 4 is 5.91 Å². The average molecular weight is 216 g/mol. The Bertz CT molecular complexity index is 152. The molecule has 0 aliphatic rings. The number of hydrogen-bond acceptors (Lipinski definition) is 3. The van der Waals surface area contributed by atoms with Gasteiger partial charge in [0.25, 0.3) is 0 Å². The van der Waals surface area contributed by atoms with Crippen LogP contribution in [0, 0.1) is 0 Å². The second kappa shape index (κ2) is 11.5. The first-order valence-corrected chi connectivity index (χ1v) is 5.86. The summed E-state index contributed by atoms with van der Waals surface area (Å²) in [6.07, 6.45) is 2.99. The smallest absolute Gasteiger partial charge is 0.233 e. The van der Waals surface area contributed by atoms with Gasteiger partial charge in [-0.3, -0.25) is 4.79 Å². The SMILES string of the molecule is CCCNCC(=O)NCCCOCCC. The van der Waals surface area contributed by atoms with Crippen molar-refractivity contribution in [3.8, 4) is 0 Å². The van der Waals surface area contributed by atoms with Crippen molar-refractivity contribution in [1.82, 2.24) is 10.6 Å². The molecule has 0 aliphatic heterocycles. The number of hydrogen-bond donors (Lipinski definition) is 2. The fourth-order valence-electron chi connectivity index (χ4n) is 1.09. The molecule has 4 nitrogen and oxygen atoms in total. The summed E-state index contributed by atoms with van der Waals surface area (Å²) in [7, 11) is 0. The zero-order chi connectivity index (χ0) is 11.4. The normalized spacial score (nSPS) is 10.3. The minimum absolute atomic E-state index is 0.0685. The van der Waals surface area contributed by atoms with Crippen molar-refractivity contribution in [1.29, 1.82) is 0 Å². The maximum atomic E-state index is 11.2. The lowest BCUT2D eigenvalue weighted by molar-refractivity contribution is -0.120. The number of carbonyl (C=O) groups is 1. The number of ether oxygens (including phenoxy) is 1. The summed E-state index contributed by atoms with van der Waals surface area (Å²) in [5, 5.41) is 5.89. The van der Waals surface area contributed by atoms with Gasteiger partial charge in [0, 0.05) is 19.8 Å². The minimum atomic E-state index is 0.0685. The third-order valence-corrected chi connectivity index (χ3v) is 1.85. The van der Waals surface area contributed by atoms with Crippen molar-refractivity contribution in [2.75, 3.05) is 32.8 Å². The topological polar surface area (TPSA) is 50.4 Å². The Balaban J connectivity index is 3.10. The van der Waals surface area contributed by atoms with E-state index in [9.17, 15) is 4.79 Å². The van der Waals surface area contributed by atoms with Crippen LogP contribution in [0.1, 0.15) is 33.1 Å². The van der Waals surface area contributed by atoms with E-state index in [4.69, 9.17) is 4.74 Å².